The van der Waals surface area contributed by atoms with Crippen LogP contribution < -0.4 is 0 Å². The Bertz CT molecular complexity index is 406. The van der Waals surface area contributed by atoms with Crippen LogP contribution in [0.1, 0.15) is 19.4 Å². The van der Waals surface area contributed by atoms with Gasteiger partial charge in [0.15, 0.2) is 0 Å². The zero-order chi connectivity index (χ0) is 13.1. The van der Waals surface area contributed by atoms with Gasteiger partial charge >= 0.3 is 0 Å². The first-order chi connectivity index (χ1) is 7.86. The van der Waals surface area contributed by atoms with Gasteiger partial charge in [0.2, 0.25) is 5.91 Å². The predicted molar refractivity (Wildman–Crippen MR) is 67.4 cm³/mol. The van der Waals surface area contributed by atoms with Gasteiger partial charge in [0.25, 0.3) is 0 Å². The first-order valence-corrected chi connectivity index (χ1v) is 5.96. The van der Waals surface area contributed by atoms with E-state index in [2.05, 4.69) is 0 Å². The van der Waals surface area contributed by atoms with Crippen LogP contribution in [-0.2, 0) is 11.3 Å². The quantitative estimate of drug-likeness (QED) is 0.760. The lowest BCUT2D eigenvalue weighted by molar-refractivity contribution is -0.138. The summed E-state index contributed by atoms with van der Waals surface area (Å²) in [4.78, 5) is 13.6. The van der Waals surface area contributed by atoms with Crippen LogP contribution in [0, 0.1) is 11.2 Å². The Hall–Kier alpha value is -1.09. The Morgan fingerprint density at radius 3 is 2.65 bits per heavy atom. The van der Waals surface area contributed by atoms with Crippen molar-refractivity contribution in [3.05, 3.63) is 35.6 Å². The maximum atomic E-state index is 13.0. The molecule has 0 saturated carbocycles. The van der Waals surface area contributed by atoms with Crippen molar-refractivity contribution in [2.24, 2.45) is 5.41 Å². The standard InChI is InChI=1S/C13H17ClFNO/c1-13(2,9-14)12(17)16(3)8-10-5-4-6-11(15)7-10/h4-7H,8-9H2,1-3H3. The zero-order valence-corrected chi connectivity index (χ0v) is 11.1. The van der Waals surface area contributed by atoms with Crippen LogP contribution in [0.4, 0.5) is 4.39 Å². The molecule has 1 rings (SSSR count). The van der Waals surface area contributed by atoms with Crippen LogP contribution in [0.2, 0.25) is 0 Å². The van der Waals surface area contributed by atoms with E-state index < -0.39 is 5.41 Å². The molecule has 94 valence electrons. The number of halogens is 2. The Balaban J connectivity index is 2.73. The van der Waals surface area contributed by atoms with Crippen molar-refractivity contribution in [1.29, 1.82) is 0 Å². The van der Waals surface area contributed by atoms with Crippen molar-refractivity contribution >= 4 is 17.5 Å². The van der Waals surface area contributed by atoms with E-state index >= 15 is 0 Å². The predicted octanol–water partition coefficient (Wildman–Crippen LogP) is 3.05. The van der Waals surface area contributed by atoms with Crippen LogP contribution >= 0.6 is 11.6 Å². The van der Waals surface area contributed by atoms with Crippen molar-refractivity contribution in [3.8, 4) is 0 Å². The summed E-state index contributed by atoms with van der Waals surface area (Å²) in [7, 11) is 1.70. The molecule has 1 aromatic rings. The van der Waals surface area contributed by atoms with E-state index in [4.69, 9.17) is 11.6 Å². The second-order valence-electron chi connectivity index (χ2n) is 4.81. The molecule has 0 radical (unpaired) electrons. The van der Waals surface area contributed by atoms with Gasteiger partial charge in [-0.25, -0.2) is 4.39 Å². The van der Waals surface area contributed by atoms with E-state index in [1.165, 1.54) is 12.1 Å². The Labute approximate surface area is 106 Å². The summed E-state index contributed by atoms with van der Waals surface area (Å²) in [6.07, 6.45) is 0. The summed E-state index contributed by atoms with van der Waals surface area (Å²) in [5.74, 6) is -0.0732. The highest BCUT2D eigenvalue weighted by Gasteiger charge is 2.29. The van der Waals surface area contributed by atoms with Crippen LogP contribution in [-0.4, -0.2) is 23.7 Å². The summed E-state index contributed by atoms with van der Waals surface area (Å²) < 4.78 is 13.0. The minimum Gasteiger partial charge on any atom is -0.341 e. The van der Waals surface area contributed by atoms with Crippen LogP contribution in [0.3, 0.4) is 0 Å². The molecule has 0 aliphatic rings. The van der Waals surface area contributed by atoms with Gasteiger partial charge in [0, 0.05) is 19.5 Å². The zero-order valence-electron chi connectivity index (χ0n) is 10.3. The summed E-state index contributed by atoms with van der Waals surface area (Å²) >= 11 is 5.75. The highest BCUT2D eigenvalue weighted by atomic mass is 35.5. The van der Waals surface area contributed by atoms with Gasteiger partial charge in [-0.2, -0.15) is 0 Å². The van der Waals surface area contributed by atoms with Gasteiger partial charge in [-0.15, -0.1) is 11.6 Å². The van der Waals surface area contributed by atoms with E-state index in [9.17, 15) is 9.18 Å². The van der Waals surface area contributed by atoms with Crippen molar-refractivity contribution < 1.29 is 9.18 Å². The number of nitrogens with zero attached hydrogens (tertiary/aromatic N) is 1. The van der Waals surface area contributed by atoms with Crippen LogP contribution in [0.25, 0.3) is 0 Å². The van der Waals surface area contributed by atoms with Gasteiger partial charge < -0.3 is 4.90 Å². The average Bonchev–Trinajstić information content (AvgIpc) is 2.28. The number of alkyl halides is 1. The number of benzene rings is 1. The third kappa shape index (κ3) is 3.70. The molecule has 1 amide bonds. The number of amides is 1. The topological polar surface area (TPSA) is 20.3 Å². The average molecular weight is 258 g/mol. The number of hydrogen-bond acceptors (Lipinski definition) is 1. The molecule has 17 heavy (non-hydrogen) atoms. The number of carbonyl (C=O) groups excluding carboxylic acids is 1. The van der Waals surface area contributed by atoms with Gasteiger partial charge in [0.05, 0.1) is 5.41 Å². The molecule has 0 N–H and O–H groups in total. The Morgan fingerprint density at radius 2 is 2.12 bits per heavy atom. The minimum atomic E-state index is -0.594. The number of rotatable bonds is 4. The molecule has 0 saturated heterocycles. The molecule has 0 fully saturated rings. The largest absolute Gasteiger partial charge is 0.341 e. The third-order valence-electron chi connectivity index (χ3n) is 2.57. The fourth-order valence-corrected chi connectivity index (χ4v) is 1.67. The van der Waals surface area contributed by atoms with Gasteiger partial charge in [-0.1, -0.05) is 12.1 Å². The normalized spacial score (nSPS) is 11.4. The smallest absolute Gasteiger partial charge is 0.229 e. The fraction of sp³-hybridized carbons (Fsp3) is 0.462. The molecule has 2 nitrogen and oxygen atoms in total. The summed E-state index contributed by atoms with van der Waals surface area (Å²) in [5.41, 5.74) is 0.176. The lowest BCUT2D eigenvalue weighted by Gasteiger charge is -2.27. The molecular weight excluding hydrogens is 241 g/mol. The second kappa shape index (κ2) is 5.50. The molecular formula is C13H17ClFNO. The van der Waals surface area contributed by atoms with E-state index in [-0.39, 0.29) is 17.6 Å². The lowest BCUT2D eigenvalue weighted by atomic mass is 9.94. The van der Waals surface area contributed by atoms with Crippen molar-refractivity contribution in [2.75, 3.05) is 12.9 Å². The molecule has 4 heteroatoms. The van der Waals surface area contributed by atoms with Gasteiger partial charge in [-0.3, -0.25) is 4.79 Å². The molecule has 0 spiro atoms. The molecule has 0 aromatic heterocycles. The maximum Gasteiger partial charge on any atom is 0.229 e. The Kier molecular flexibility index (Phi) is 4.52. The van der Waals surface area contributed by atoms with Gasteiger partial charge in [-0.05, 0) is 31.5 Å². The number of carbonyl (C=O) groups is 1. The Morgan fingerprint density at radius 1 is 1.47 bits per heavy atom. The first kappa shape index (κ1) is 14.0. The van der Waals surface area contributed by atoms with E-state index in [1.807, 2.05) is 0 Å². The molecule has 0 aliphatic heterocycles. The van der Waals surface area contributed by atoms with Crippen molar-refractivity contribution in [1.82, 2.24) is 4.90 Å². The molecule has 1 aromatic carbocycles. The monoisotopic (exact) mass is 257 g/mol. The van der Waals surface area contributed by atoms with E-state index in [0.29, 0.717) is 6.54 Å². The second-order valence-corrected chi connectivity index (χ2v) is 5.08. The SMILES string of the molecule is CN(Cc1cccc(F)c1)C(=O)C(C)(C)CCl. The highest BCUT2D eigenvalue weighted by molar-refractivity contribution is 6.19. The summed E-state index contributed by atoms with van der Waals surface area (Å²) in [6.45, 7) is 3.98. The fourth-order valence-electron chi connectivity index (χ4n) is 1.55. The maximum absolute atomic E-state index is 13.0. The highest BCUT2D eigenvalue weighted by Crippen LogP contribution is 2.21. The minimum absolute atomic E-state index is 0.0447. The molecule has 0 bridgehead atoms. The molecule has 0 unspecified atom stereocenters. The van der Waals surface area contributed by atoms with Crippen LogP contribution in [0.5, 0.6) is 0 Å². The van der Waals surface area contributed by atoms with Crippen molar-refractivity contribution in [2.45, 2.75) is 20.4 Å². The van der Waals surface area contributed by atoms with Crippen LogP contribution in [0.15, 0.2) is 24.3 Å². The molecule has 0 atom stereocenters. The summed E-state index contributed by atoms with van der Waals surface area (Å²) in [5, 5.41) is 0. The first-order valence-electron chi connectivity index (χ1n) is 5.43. The number of hydrogen-bond donors (Lipinski definition) is 0. The summed E-state index contributed by atoms with van der Waals surface area (Å²) in [6, 6.07) is 6.24. The van der Waals surface area contributed by atoms with Crippen molar-refractivity contribution in [3.63, 3.8) is 0 Å². The van der Waals surface area contributed by atoms with E-state index in [0.717, 1.165) is 5.56 Å². The molecule has 0 heterocycles. The lowest BCUT2D eigenvalue weighted by Crippen LogP contribution is -2.39. The molecule has 0 aliphatic carbocycles. The third-order valence-corrected chi connectivity index (χ3v) is 3.24. The van der Waals surface area contributed by atoms with E-state index in [1.54, 1.807) is 37.9 Å². The van der Waals surface area contributed by atoms with Gasteiger partial charge in [0.1, 0.15) is 5.82 Å².